The van der Waals surface area contributed by atoms with Crippen molar-refractivity contribution < 1.29 is 13.9 Å². The second-order valence-electron chi connectivity index (χ2n) is 6.93. The smallest absolute Gasteiger partial charge is 0.203 e. The van der Waals surface area contributed by atoms with E-state index in [-0.39, 0.29) is 0 Å². The molecule has 0 amide bonds. The fourth-order valence-corrected chi connectivity index (χ4v) is 3.79. The van der Waals surface area contributed by atoms with Gasteiger partial charge in [0.05, 0.1) is 0 Å². The number of aromatic nitrogens is 6. The van der Waals surface area contributed by atoms with E-state index >= 15 is 0 Å². The number of piperidine rings is 2. The summed E-state index contributed by atoms with van der Waals surface area (Å²) in [6.45, 7) is 3.64. The summed E-state index contributed by atoms with van der Waals surface area (Å²) in [6, 6.07) is 0. The maximum atomic E-state index is 5.02. The molecule has 3 aromatic rings. The van der Waals surface area contributed by atoms with Crippen molar-refractivity contribution in [3.8, 4) is 22.8 Å². The topological polar surface area (TPSA) is 123 Å². The third kappa shape index (κ3) is 2.92. The van der Waals surface area contributed by atoms with Crippen LogP contribution in [0.15, 0.2) is 13.9 Å². The molecule has 0 N–H and O–H groups in total. The van der Waals surface area contributed by atoms with Crippen molar-refractivity contribution >= 4 is 11.6 Å². The zero-order valence-corrected chi connectivity index (χ0v) is 14.9. The van der Waals surface area contributed by atoms with Crippen LogP contribution in [0.25, 0.3) is 22.8 Å². The summed E-state index contributed by atoms with van der Waals surface area (Å²) in [4.78, 5) is 4.31. The number of anilines is 2. The van der Waals surface area contributed by atoms with Crippen LogP contribution >= 0.6 is 0 Å². The van der Waals surface area contributed by atoms with Crippen molar-refractivity contribution in [1.29, 1.82) is 0 Å². The van der Waals surface area contributed by atoms with Gasteiger partial charge in [0.1, 0.15) is 0 Å². The standard InChI is InChI=1S/C16H20N8O3/c1-3-7-23(8-4-1)15-13(19-26-21-15)11-12(18-25-17-11)14-16(22-27-20-14)24-9-5-2-6-10-24/h1-10H2. The van der Waals surface area contributed by atoms with Crippen LogP contribution in [0, 0.1) is 0 Å². The van der Waals surface area contributed by atoms with E-state index in [2.05, 4.69) is 40.7 Å². The van der Waals surface area contributed by atoms with E-state index in [1.807, 2.05) is 0 Å². The maximum absolute atomic E-state index is 5.02. The van der Waals surface area contributed by atoms with Crippen molar-refractivity contribution in [3.05, 3.63) is 0 Å². The molecule has 0 aliphatic carbocycles. The molecule has 0 bridgehead atoms. The number of nitrogens with zero attached hydrogens (tertiary/aromatic N) is 8. The minimum Gasteiger partial charge on any atom is -0.352 e. The number of hydrogen-bond acceptors (Lipinski definition) is 11. The maximum Gasteiger partial charge on any atom is 0.203 e. The summed E-state index contributed by atoms with van der Waals surface area (Å²) in [5.74, 6) is 1.31. The minimum absolute atomic E-state index is 0.436. The number of rotatable bonds is 4. The Morgan fingerprint density at radius 2 is 0.815 bits per heavy atom. The first kappa shape index (κ1) is 16.2. The van der Waals surface area contributed by atoms with E-state index in [9.17, 15) is 0 Å². The van der Waals surface area contributed by atoms with Crippen LogP contribution < -0.4 is 9.80 Å². The van der Waals surface area contributed by atoms with E-state index in [1.165, 1.54) is 12.8 Å². The van der Waals surface area contributed by atoms with Gasteiger partial charge in [0.25, 0.3) is 0 Å². The molecule has 27 heavy (non-hydrogen) atoms. The monoisotopic (exact) mass is 372 g/mol. The highest BCUT2D eigenvalue weighted by Gasteiger charge is 2.31. The van der Waals surface area contributed by atoms with Crippen molar-refractivity contribution in [2.24, 2.45) is 0 Å². The van der Waals surface area contributed by atoms with Gasteiger partial charge in [-0.2, -0.15) is 0 Å². The molecule has 2 saturated heterocycles. The van der Waals surface area contributed by atoms with Crippen LogP contribution in [0.5, 0.6) is 0 Å². The Labute approximate surface area is 154 Å². The van der Waals surface area contributed by atoms with Crippen LogP contribution in [0.2, 0.25) is 0 Å². The summed E-state index contributed by atoms with van der Waals surface area (Å²) in [7, 11) is 0. The average molecular weight is 372 g/mol. The largest absolute Gasteiger partial charge is 0.352 e. The lowest BCUT2D eigenvalue weighted by Gasteiger charge is -2.26. The normalized spacial score (nSPS) is 18.2. The third-order valence-electron chi connectivity index (χ3n) is 5.19. The van der Waals surface area contributed by atoms with Crippen LogP contribution in [0.1, 0.15) is 38.5 Å². The summed E-state index contributed by atoms with van der Waals surface area (Å²) < 4.78 is 15.1. The third-order valence-corrected chi connectivity index (χ3v) is 5.19. The first-order valence-electron chi connectivity index (χ1n) is 9.40. The summed E-state index contributed by atoms with van der Waals surface area (Å²) >= 11 is 0. The second-order valence-corrected chi connectivity index (χ2v) is 6.93. The van der Waals surface area contributed by atoms with E-state index in [4.69, 9.17) is 13.9 Å². The Hall–Kier alpha value is -2.98. The summed E-state index contributed by atoms with van der Waals surface area (Å²) in [6.07, 6.45) is 6.89. The molecule has 142 valence electrons. The molecule has 0 radical (unpaired) electrons. The van der Waals surface area contributed by atoms with E-state index in [0.29, 0.717) is 34.4 Å². The molecular weight excluding hydrogens is 352 g/mol. The van der Waals surface area contributed by atoms with Crippen LogP contribution in [0.4, 0.5) is 11.6 Å². The van der Waals surface area contributed by atoms with Gasteiger partial charge in [-0.25, -0.2) is 13.9 Å². The Morgan fingerprint density at radius 3 is 1.26 bits per heavy atom. The Kier molecular flexibility index (Phi) is 4.18. The van der Waals surface area contributed by atoms with Gasteiger partial charge >= 0.3 is 0 Å². The Bertz CT molecular complexity index is 820. The van der Waals surface area contributed by atoms with Crippen LogP contribution in [-0.2, 0) is 0 Å². The number of hydrogen-bond donors (Lipinski definition) is 0. The van der Waals surface area contributed by atoms with Crippen molar-refractivity contribution in [3.63, 3.8) is 0 Å². The van der Waals surface area contributed by atoms with Gasteiger partial charge in [0.15, 0.2) is 22.8 Å². The predicted molar refractivity (Wildman–Crippen MR) is 93.0 cm³/mol. The quantitative estimate of drug-likeness (QED) is 0.669. The molecular formula is C16H20N8O3. The molecule has 2 aliphatic rings. The molecule has 0 spiro atoms. The first-order valence-corrected chi connectivity index (χ1v) is 9.40. The summed E-state index contributed by atoms with van der Waals surface area (Å²) in [5.41, 5.74) is 1.87. The van der Waals surface area contributed by atoms with Gasteiger partial charge in [-0.3, -0.25) is 0 Å². The zero-order chi connectivity index (χ0) is 18.1. The van der Waals surface area contributed by atoms with Gasteiger partial charge in [-0.1, -0.05) is 0 Å². The van der Waals surface area contributed by atoms with Crippen LogP contribution in [0.3, 0.4) is 0 Å². The fraction of sp³-hybridized carbons (Fsp3) is 0.625. The Morgan fingerprint density at radius 1 is 0.444 bits per heavy atom. The molecule has 11 nitrogen and oxygen atoms in total. The van der Waals surface area contributed by atoms with Gasteiger partial charge in [-0.05, 0) is 69.5 Å². The molecule has 3 aromatic heterocycles. The van der Waals surface area contributed by atoms with E-state index in [1.54, 1.807) is 0 Å². The predicted octanol–water partition coefficient (Wildman–Crippen LogP) is 2.15. The molecule has 2 aliphatic heterocycles. The van der Waals surface area contributed by atoms with Gasteiger partial charge in [0.2, 0.25) is 11.6 Å². The SMILES string of the molecule is C1CCN(c2nonc2-c2nonc2-c2nonc2N2CCCCC2)CC1. The van der Waals surface area contributed by atoms with Crippen LogP contribution in [-0.4, -0.2) is 57.1 Å². The van der Waals surface area contributed by atoms with Gasteiger partial charge in [-0.15, -0.1) is 0 Å². The molecule has 5 rings (SSSR count). The van der Waals surface area contributed by atoms with Gasteiger partial charge < -0.3 is 9.80 Å². The fourth-order valence-electron chi connectivity index (χ4n) is 3.79. The minimum atomic E-state index is 0.436. The highest BCUT2D eigenvalue weighted by Crippen LogP contribution is 2.37. The molecule has 0 aromatic carbocycles. The first-order chi connectivity index (χ1) is 13.4. The second kappa shape index (κ2) is 6.97. The van der Waals surface area contributed by atoms with E-state index in [0.717, 1.165) is 51.9 Å². The molecule has 0 unspecified atom stereocenters. The van der Waals surface area contributed by atoms with E-state index < -0.39 is 0 Å². The molecule has 2 fully saturated rings. The summed E-state index contributed by atoms with van der Waals surface area (Å²) in [5, 5.41) is 24.4. The Balaban J connectivity index is 1.51. The van der Waals surface area contributed by atoms with Crippen molar-refractivity contribution in [2.45, 2.75) is 38.5 Å². The molecule has 5 heterocycles. The molecule has 0 saturated carbocycles. The molecule has 0 atom stereocenters. The van der Waals surface area contributed by atoms with Crippen molar-refractivity contribution in [1.82, 2.24) is 30.9 Å². The lowest BCUT2D eigenvalue weighted by Crippen LogP contribution is -2.30. The highest BCUT2D eigenvalue weighted by atomic mass is 16.6. The lowest BCUT2D eigenvalue weighted by molar-refractivity contribution is 0.301. The zero-order valence-electron chi connectivity index (χ0n) is 14.9. The lowest BCUT2D eigenvalue weighted by atomic mass is 10.1. The van der Waals surface area contributed by atoms with Crippen molar-refractivity contribution in [2.75, 3.05) is 36.0 Å². The van der Waals surface area contributed by atoms with Gasteiger partial charge in [0, 0.05) is 26.2 Å². The average Bonchev–Trinajstić information content (AvgIpc) is 3.48. The molecule has 11 heteroatoms. The highest BCUT2D eigenvalue weighted by molar-refractivity contribution is 5.83.